The lowest BCUT2D eigenvalue weighted by Gasteiger charge is -2.26. The number of nitrogens with one attached hydrogen (secondary N) is 2. The Morgan fingerprint density at radius 3 is 2.54 bits per heavy atom. The van der Waals surface area contributed by atoms with Crippen LogP contribution in [0.2, 0.25) is 0 Å². The van der Waals surface area contributed by atoms with Crippen LogP contribution >= 0.6 is 11.3 Å². The van der Waals surface area contributed by atoms with E-state index in [1.54, 1.807) is 11.3 Å². The Labute approximate surface area is 170 Å². The second-order valence-corrected chi connectivity index (χ2v) is 8.69. The van der Waals surface area contributed by atoms with Gasteiger partial charge in [-0.15, -0.1) is 11.3 Å². The van der Waals surface area contributed by atoms with Crippen molar-refractivity contribution in [1.29, 1.82) is 0 Å². The predicted molar refractivity (Wildman–Crippen MR) is 114 cm³/mol. The van der Waals surface area contributed by atoms with Gasteiger partial charge >= 0.3 is 0 Å². The first-order valence-corrected chi connectivity index (χ1v) is 11.1. The van der Waals surface area contributed by atoms with Crippen LogP contribution in [0.5, 0.6) is 0 Å². The normalized spacial score (nSPS) is 17.1. The Kier molecular flexibility index (Phi) is 5.95. The second kappa shape index (κ2) is 8.78. The van der Waals surface area contributed by atoms with Gasteiger partial charge in [-0.05, 0) is 55.3 Å². The molecule has 0 spiro atoms. The van der Waals surface area contributed by atoms with Crippen molar-refractivity contribution in [2.24, 2.45) is 5.92 Å². The molecule has 6 heteroatoms. The number of amides is 2. The summed E-state index contributed by atoms with van der Waals surface area (Å²) in [5.74, 6) is 0.194. The molecule has 1 aromatic carbocycles. The maximum absolute atomic E-state index is 12.9. The Morgan fingerprint density at radius 1 is 1.07 bits per heavy atom. The van der Waals surface area contributed by atoms with Gasteiger partial charge in [0.1, 0.15) is 0 Å². The zero-order valence-corrected chi connectivity index (χ0v) is 16.9. The van der Waals surface area contributed by atoms with Crippen LogP contribution in [0, 0.1) is 5.92 Å². The lowest BCUT2D eigenvalue weighted by molar-refractivity contribution is -0.117. The molecule has 2 aromatic rings. The third-order valence-corrected chi connectivity index (χ3v) is 6.28. The van der Waals surface area contributed by atoms with Crippen LogP contribution in [0.4, 0.5) is 11.4 Å². The Morgan fingerprint density at radius 2 is 1.86 bits per heavy atom. The van der Waals surface area contributed by atoms with Crippen molar-refractivity contribution in [3.63, 3.8) is 0 Å². The lowest BCUT2D eigenvalue weighted by atomic mass is 10.1. The molecule has 2 fully saturated rings. The number of anilines is 2. The van der Waals surface area contributed by atoms with Crippen LogP contribution in [-0.2, 0) is 11.3 Å². The highest BCUT2D eigenvalue weighted by molar-refractivity contribution is 7.09. The average Bonchev–Trinajstić information content (AvgIpc) is 3.48. The summed E-state index contributed by atoms with van der Waals surface area (Å²) in [5.41, 5.74) is 2.40. The molecule has 0 radical (unpaired) electrons. The molecule has 0 atom stereocenters. The van der Waals surface area contributed by atoms with Crippen molar-refractivity contribution in [1.82, 2.24) is 5.32 Å². The van der Waals surface area contributed by atoms with Gasteiger partial charge in [0.05, 0.1) is 17.8 Å². The summed E-state index contributed by atoms with van der Waals surface area (Å²) < 4.78 is 0. The molecule has 1 aromatic heterocycles. The van der Waals surface area contributed by atoms with E-state index in [1.807, 2.05) is 35.7 Å². The fraction of sp³-hybridized carbons (Fsp3) is 0.455. The standard InChI is InChI=1S/C22H27N3O2S/c26-21(16-7-8-16)24-17-9-10-19(22(27)23-15-18-6-5-13-28-18)20(14-17)25-11-3-1-2-4-12-25/h5-6,9-10,13-14,16H,1-4,7-8,11-12,15H2,(H,23,27)(H,24,26). The third-order valence-electron chi connectivity index (χ3n) is 5.41. The largest absolute Gasteiger partial charge is 0.371 e. The van der Waals surface area contributed by atoms with E-state index >= 15 is 0 Å². The van der Waals surface area contributed by atoms with Gasteiger partial charge < -0.3 is 15.5 Å². The Balaban J connectivity index is 1.55. The molecular weight excluding hydrogens is 370 g/mol. The number of hydrogen-bond acceptors (Lipinski definition) is 4. The molecule has 2 heterocycles. The number of rotatable bonds is 6. The van der Waals surface area contributed by atoms with E-state index < -0.39 is 0 Å². The zero-order valence-electron chi connectivity index (χ0n) is 16.1. The average molecular weight is 398 g/mol. The summed E-state index contributed by atoms with van der Waals surface area (Å²) in [6.45, 7) is 2.44. The molecule has 28 heavy (non-hydrogen) atoms. The quantitative estimate of drug-likeness (QED) is 0.759. The molecule has 0 bridgehead atoms. The molecule has 2 amide bonds. The van der Waals surface area contributed by atoms with Crippen molar-refractivity contribution >= 4 is 34.5 Å². The smallest absolute Gasteiger partial charge is 0.253 e. The first-order chi connectivity index (χ1) is 13.7. The highest BCUT2D eigenvalue weighted by Gasteiger charge is 2.30. The third kappa shape index (κ3) is 4.73. The molecule has 4 rings (SSSR count). The van der Waals surface area contributed by atoms with E-state index in [4.69, 9.17) is 0 Å². The number of carbonyl (C=O) groups excluding carboxylic acids is 2. The van der Waals surface area contributed by atoms with Gasteiger partial charge in [0, 0.05) is 29.6 Å². The van der Waals surface area contributed by atoms with Crippen molar-refractivity contribution < 1.29 is 9.59 Å². The summed E-state index contributed by atoms with van der Waals surface area (Å²) in [4.78, 5) is 28.5. The van der Waals surface area contributed by atoms with Gasteiger partial charge in [0.15, 0.2) is 0 Å². The number of carbonyl (C=O) groups is 2. The highest BCUT2D eigenvalue weighted by atomic mass is 32.1. The highest BCUT2D eigenvalue weighted by Crippen LogP contribution is 2.32. The van der Waals surface area contributed by atoms with Crippen LogP contribution in [-0.4, -0.2) is 24.9 Å². The molecule has 2 aliphatic rings. The van der Waals surface area contributed by atoms with Gasteiger partial charge in [0.2, 0.25) is 5.91 Å². The monoisotopic (exact) mass is 397 g/mol. The van der Waals surface area contributed by atoms with Gasteiger partial charge in [-0.1, -0.05) is 18.9 Å². The summed E-state index contributed by atoms with van der Waals surface area (Å²) in [6, 6.07) is 9.70. The SMILES string of the molecule is O=C(NCc1cccs1)c1ccc(NC(=O)C2CC2)cc1N1CCCCCC1. The molecule has 1 aliphatic carbocycles. The van der Waals surface area contributed by atoms with Gasteiger partial charge in [0.25, 0.3) is 5.91 Å². The summed E-state index contributed by atoms with van der Waals surface area (Å²) in [6.07, 6.45) is 6.69. The van der Waals surface area contributed by atoms with Crippen molar-refractivity contribution in [3.05, 3.63) is 46.2 Å². The molecule has 2 N–H and O–H groups in total. The van der Waals surface area contributed by atoms with Crippen LogP contribution in [0.15, 0.2) is 35.7 Å². The zero-order chi connectivity index (χ0) is 19.3. The van der Waals surface area contributed by atoms with E-state index in [0.717, 1.165) is 55.0 Å². The minimum atomic E-state index is -0.0623. The molecular formula is C22H27N3O2S. The summed E-state index contributed by atoms with van der Waals surface area (Å²) in [5, 5.41) is 8.08. The van der Waals surface area contributed by atoms with Crippen LogP contribution < -0.4 is 15.5 Å². The van der Waals surface area contributed by atoms with Gasteiger partial charge in [-0.3, -0.25) is 9.59 Å². The molecule has 0 unspecified atom stereocenters. The maximum atomic E-state index is 12.9. The lowest BCUT2D eigenvalue weighted by Crippen LogP contribution is -2.29. The maximum Gasteiger partial charge on any atom is 0.253 e. The van der Waals surface area contributed by atoms with Crippen LogP contribution in [0.3, 0.4) is 0 Å². The number of hydrogen-bond donors (Lipinski definition) is 2. The van der Waals surface area contributed by atoms with E-state index in [1.165, 1.54) is 12.8 Å². The topological polar surface area (TPSA) is 61.4 Å². The minimum absolute atomic E-state index is 0.0623. The minimum Gasteiger partial charge on any atom is -0.371 e. The van der Waals surface area contributed by atoms with E-state index in [-0.39, 0.29) is 17.7 Å². The fourth-order valence-corrected chi connectivity index (χ4v) is 4.28. The van der Waals surface area contributed by atoms with E-state index in [0.29, 0.717) is 12.1 Å². The van der Waals surface area contributed by atoms with Gasteiger partial charge in [-0.25, -0.2) is 0 Å². The summed E-state index contributed by atoms with van der Waals surface area (Å²) in [7, 11) is 0. The number of benzene rings is 1. The second-order valence-electron chi connectivity index (χ2n) is 7.66. The first kappa shape index (κ1) is 19.0. The van der Waals surface area contributed by atoms with Crippen LogP contribution in [0.25, 0.3) is 0 Å². The Bertz CT molecular complexity index is 822. The van der Waals surface area contributed by atoms with Crippen LogP contribution in [0.1, 0.15) is 53.8 Å². The molecule has 1 saturated carbocycles. The number of thiophene rings is 1. The van der Waals surface area contributed by atoms with E-state index in [9.17, 15) is 9.59 Å². The van der Waals surface area contributed by atoms with Crippen molar-refractivity contribution in [2.45, 2.75) is 45.1 Å². The van der Waals surface area contributed by atoms with E-state index in [2.05, 4.69) is 15.5 Å². The van der Waals surface area contributed by atoms with Crippen molar-refractivity contribution in [2.75, 3.05) is 23.3 Å². The van der Waals surface area contributed by atoms with Crippen molar-refractivity contribution in [3.8, 4) is 0 Å². The molecule has 1 aliphatic heterocycles. The predicted octanol–water partition coefficient (Wildman–Crippen LogP) is 4.41. The summed E-state index contributed by atoms with van der Waals surface area (Å²) >= 11 is 1.64. The molecule has 148 valence electrons. The number of nitrogens with zero attached hydrogens (tertiary/aromatic N) is 1. The first-order valence-electron chi connectivity index (χ1n) is 10.2. The molecule has 5 nitrogen and oxygen atoms in total. The molecule has 1 saturated heterocycles. The van der Waals surface area contributed by atoms with Gasteiger partial charge in [-0.2, -0.15) is 0 Å². The fourth-order valence-electron chi connectivity index (χ4n) is 3.64. The Hall–Kier alpha value is -2.34.